The summed E-state index contributed by atoms with van der Waals surface area (Å²) in [5, 5.41) is 9.71. The Bertz CT molecular complexity index is 529. The first-order chi connectivity index (χ1) is 10.6. The van der Waals surface area contributed by atoms with Gasteiger partial charge in [0.15, 0.2) is 0 Å². The Morgan fingerprint density at radius 3 is 2.59 bits per heavy atom. The summed E-state index contributed by atoms with van der Waals surface area (Å²) in [6.45, 7) is 5.33. The Kier molecular flexibility index (Phi) is 4.47. The van der Waals surface area contributed by atoms with Crippen LogP contribution in [0.4, 0.5) is 0 Å². The van der Waals surface area contributed by atoms with Crippen molar-refractivity contribution in [3.8, 4) is 0 Å². The van der Waals surface area contributed by atoms with Crippen LogP contribution in [0.25, 0.3) is 0 Å². The molecule has 3 rings (SSSR count). The monoisotopic (exact) mass is 305 g/mol. The number of likely N-dealkylation sites (tertiary alicyclic amines) is 1. The van der Waals surface area contributed by atoms with E-state index in [1.54, 1.807) is 0 Å². The lowest BCUT2D eigenvalue weighted by atomic mass is 9.89. The molecule has 2 aliphatic rings. The molecule has 22 heavy (non-hydrogen) atoms. The minimum Gasteiger partial charge on any atom is -0.480 e. The van der Waals surface area contributed by atoms with Crippen molar-refractivity contribution >= 4 is 5.97 Å². The van der Waals surface area contributed by atoms with Crippen molar-refractivity contribution in [1.82, 2.24) is 4.90 Å². The third kappa shape index (κ3) is 3.02. The molecule has 1 N–H and O–H groups in total. The second kappa shape index (κ2) is 6.36. The summed E-state index contributed by atoms with van der Waals surface area (Å²) in [6.07, 6.45) is 1.64. The maximum Gasteiger partial charge on any atom is 0.325 e. The van der Waals surface area contributed by atoms with Crippen molar-refractivity contribution in [2.24, 2.45) is 0 Å². The molecule has 0 radical (unpaired) electrons. The second-order valence-electron chi connectivity index (χ2n) is 6.22. The Balaban J connectivity index is 1.75. The maximum atomic E-state index is 11.8. The standard InChI is InChI=1S/C17H23NO4/c1-13-4-2-3-5-14(13)15(16(19)20)18-8-6-17(7-9-18)12-21-10-11-22-17/h2-5,15H,6-12H2,1H3,(H,19,20)/t15-/m1/s1. The molecule has 0 bridgehead atoms. The van der Waals surface area contributed by atoms with Crippen molar-refractivity contribution in [2.45, 2.75) is 31.4 Å². The smallest absolute Gasteiger partial charge is 0.325 e. The number of nitrogens with zero attached hydrogens (tertiary/aromatic N) is 1. The maximum absolute atomic E-state index is 11.8. The number of benzene rings is 1. The van der Waals surface area contributed by atoms with Gasteiger partial charge in [-0.25, -0.2) is 0 Å². The zero-order valence-corrected chi connectivity index (χ0v) is 13.0. The van der Waals surface area contributed by atoms with Crippen molar-refractivity contribution < 1.29 is 19.4 Å². The number of piperidine rings is 1. The molecule has 0 amide bonds. The zero-order valence-electron chi connectivity index (χ0n) is 13.0. The lowest BCUT2D eigenvalue weighted by Crippen LogP contribution is -2.53. The van der Waals surface area contributed by atoms with E-state index < -0.39 is 12.0 Å². The number of rotatable bonds is 3. The first kappa shape index (κ1) is 15.5. The van der Waals surface area contributed by atoms with Gasteiger partial charge in [0, 0.05) is 13.1 Å². The van der Waals surface area contributed by atoms with Crippen LogP contribution in [0.1, 0.15) is 30.0 Å². The van der Waals surface area contributed by atoms with Crippen LogP contribution in [0, 0.1) is 6.92 Å². The summed E-state index contributed by atoms with van der Waals surface area (Å²) in [5.74, 6) is -0.786. The first-order valence-corrected chi connectivity index (χ1v) is 7.85. The van der Waals surface area contributed by atoms with Crippen LogP contribution < -0.4 is 0 Å². The molecule has 1 aromatic carbocycles. The summed E-state index contributed by atoms with van der Waals surface area (Å²) in [5.41, 5.74) is 1.70. The topological polar surface area (TPSA) is 59.0 Å². The summed E-state index contributed by atoms with van der Waals surface area (Å²) in [6, 6.07) is 7.15. The number of aryl methyl sites for hydroxylation is 1. The highest BCUT2D eigenvalue weighted by molar-refractivity contribution is 5.76. The van der Waals surface area contributed by atoms with Gasteiger partial charge in [-0.05, 0) is 30.9 Å². The van der Waals surface area contributed by atoms with Gasteiger partial charge in [-0.1, -0.05) is 24.3 Å². The van der Waals surface area contributed by atoms with E-state index in [4.69, 9.17) is 9.47 Å². The molecule has 5 heteroatoms. The molecule has 2 fully saturated rings. The highest BCUT2D eigenvalue weighted by Crippen LogP contribution is 2.34. The molecule has 5 nitrogen and oxygen atoms in total. The van der Waals surface area contributed by atoms with Crippen molar-refractivity contribution in [2.75, 3.05) is 32.9 Å². The molecule has 0 saturated carbocycles. The van der Waals surface area contributed by atoms with Crippen LogP contribution >= 0.6 is 0 Å². The summed E-state index contributed by atoms with van der Waals surface area (Å²) in [4.78, 5) is 13.9. The Labute approximate surface area is 130 Å². The Morgan fingerprint density at radius 2 is 2.00 bits per heavy atom. The predicted octanol–water partition coefficient (Wildman–Crippen LogP) is 2.00. The first-order valence-electron chi connectivity index (χ1n) is 7.85. The minimum atomic E-state index is -0.786. The van der Waals surface area contributed by atoms with E-state index in [-0.39, 0.29) is 5.60 Å². The van der Waals surface area contributed by atoms with E-state index in [0.717, 1.165) is 24.0 Å². The molecule has 2 aliphatic heterocycles. The average Bonchev–Trinajstić information content (AvgIpc) is 2.52. The molecule has 0 aliphatic carbocycles. The fraction of sp³-hybridized carbons (Fsp3) is 0.588. The molecule has 1 aromatic rings. The van der Waals surface area contributed by atoms with E-state index in [2.05, 4.69) is 0 Å². The largest absolute Gasteiger partial charge is 0.480 e. The number of ether oxygens (including phenoxy) is 2. The Hall–Kier alpha value is -1.43. The lowest BCUT2D eigenvalue weighted by molar-refractivity contribution is -0.181. The van der Waals surface area contributed by atoms with Gasteiger partial charge in [0.2, 0.25) is 0 Å². The summed E-state index contributed by atoms with van der Waals surface area (Å²) in [7, 11) is 0. The summed E-state index contributed by atoms with van der Waals surface area (Å²) < 4.78 is 11.5. The van der Waals surface area contributed by atoms with Crippen molar-refractivity contribution in [3.63, 3.8) is 0 Å². The quantitative estimate of drug-likeness (QED) is 0.925. The van der Waals surface area contributed by atoms with E-state index >= 15 is 0 Å². The SMILES string of the molecule is Cc1ccccc1[C@H](C(=O)O)N1CCC2(CC1)COCCO2. The second-order valence-corrected chi connectivity index (χ2v) is 6.22. The van der Waals surface area contributed by atoms with Crippen LogP contribution in [-0.4, -0.2) is 54.5 Å². The van der Waals surface area contributed by atoms with Gasteiger partial charge in [-0.2, -0.15) is 0 Å². The van der Waals surface area contributed by atoms with Crippen molar-refractivity contribution in [1.29, 1.82) is 0 Å². The fourth-order valence-electron chi connectivity index (χ4n) is 3.47. The number of carboxylic acids is 1. The highest BCUT2D eigenvalue weighted by atomic mass is 16.6. The average molecular weight is 305 g/mol. The van der Waals surface area contributed by atoms with E-state index in [1.165, 1.54) is 0 Å². The van der Waals surface area contributed by atoms with Gasteiger partial charge >= 0.3 is 5.97 Å². The third-order valence-corrected chi connectivity index (χ3v) is 4.79. The fourth-order valence-corrected chi connectivity index (χ4v) is 3.47. The summed E-state index contributed by atoms with van der Waals surface area (Å²) >= 11 is 0. The molecular formula is C17H23NO4. The molecule has 0 unspecified atom stereocenters. The van der Waals surface area contributed by atoms with Gasteiger partial charge in [0.1, 0.15) is 6.04 Å². The molecule has 1 spiro atoms. The van der Waals surface area contributed by atoms with Gasteiger partial charge in [0.05, 0.1) is 25.4 Å². The van der Waals surface area contributed by atoms with E-state index in [9.17, 15) is 9.90 Å². The van der Waals surface area contributed by atoms with Gasteiger partial charge < -0.3 is 14.6 Å². The van der Waals surface area contributed by atoms with Crippen LogP contribution in [0.2, 0.25) is 0 Å². The van der Waals surface area contributed by atoms with Crippen LogP contribution in [0.3, 0.4) is 0 Å². The zero-order chi connectivity index (χ0) is 15.6. The van der Waals surface area contributed by atoms with Crippen LogP contribution in [-0.2, 0) is 14.3 Å². The van der Waals surface area contributed by atoms with E-state index in [0.29, 0.717) is 32.9 Å². The molecule has 2 saturated heterocycles. The number of hydrogen-bond donors (Lipinski definition) is 1. The van der Waals surface area contributed by atoms with Gasteiger partial charge in [-0.15, -0.1) is 0 Å². The molecule has 1 atom stereocenters. The molecule has 0 aromatic heterocycles. The molecular weight excluding hydrogens is 282 g/mol. The molecule has 120 valence electrons. The van der Waals surface area contributed by atoms with Crippen molar-refractivity contribution in [3.05, 3.63) is 35.4 Å². The minimum absolute atomic E-state index is 0.205. The molecule has 2 heterocycles. The lowest BCUT2D eigenvalue weighted by Gasteiger charge is -2.45. The highest BCUT2D eigenvalue weighted by Gasteiger charge is 2.41. The Morgan fingerprint density at radius 1 is 1.27 bits per heavy atom. The number of aliphatic carboxylic acids is 1. The predicted molar refractivity (Wildman–Crippen MR) is 81.9 cm³/mol. The normalized spacial score (nSPS) is 23.3. The van der Waals surface area contributed by atoms with Gasteiger partial charge in [0.25, 0.3) is 0 Å². The number of hydrogen-bond acceptors (Lipinski definition) is 4. The van der Waals surface area contributed by atoms with Crippen LogP contribution in [0.15, 0.2) is 24.3 Å². The van der Waals surface area contributed by atoms with Crippen LogP contribution in [0.5, 0.6) is 0 Å². The van der Waals surface area contributed by atoms with Gasteiger partial charge in [-0.3, -0.25) is 9.69 Å². The third-order valence-electron chi connectivity index (χ3n) is 4.79. The van der Waals surface area contributed by atoms with E-state index in [1.807, 2.05) is 36.1 Å². The number of carboxylic acid groups (broad SMARTS) is 1. The number of carbonyl (C=O) groups is 1.